The summed E-state index contributed by atoms with van der Waals surface area (Å²) in [5.41, 5.74) is 3.12. The molecule has 0 fully saturated rings. The van der Waals surface area contributed by atoms with Crippen LogP contribution < -0.4 is 10.1 Å². The van der Waals surface area contributed by atoms with Gasteiger partial charge >= 0.3 is 5.97 Å². The van der Waals surface area contributed by atoms with Gasteiger partial charge in [0.2, 0.25) is 0 Å². The first kappa shape index (κ1) is 20.4. The number of amides is 1. The number of ether oxygens (including phenoxy) is 2. The van der Waals surface area contributed by atoms with Gasteiger partial charge in [0.25, 0.3) is 5.91 Å². The van der Waals surface area contributed by atoms with E-state index in [-0.39, 0.29) is 0 Å². The standard InChI is InChI=1S/C23H18ClN3O4/c1-30-18-8-5-14(6-9-18)22-26-19-10-7-15(11-20(19)27-22)23(29)31-13-21(28)25-17-4-2-3-16(24)12-17/h2-12H,13H2,1H3,(H,25,28)(H,26,27). The smallest absolute Gasteiger partial charge is 0.338 e. The molecule has 0 spiro atoms. The molecule has 0 saturated heterocycles. The molecule has 4 rings (SSSR count). The van der Waals surface area contributed by atoms with E-state index in [1.165, 1.54) is 0 Å². The topological polar surface area (TPSA) is 93.3 Å². The number of H-pyrrole nitrogens is 1. The van der Waals surface area contributed by atoms with Gasteiger partial charge in [0.1, 0.15) is 11.6 Å². The summed E-state index contributed by atoms with van der Waals surface area (Å²) in [7, 11) is 1.61. The number of imidazole rings is 1. The summed E-state index contributed by atoms with van der Waals surface area (Å²) < 4.78 is 10.3. The third-order valence-corrected chi connectivity index (χ3v) is 4.76. The molecule has 3 aromatic carbocycles. The van der Waals surface area contributed by atoms with Crippen molar-refractivity contribution in [3.05, 3.63) is 77.3 Å². The Balaban J connectivity index is 1.42. The van der Waals surface area contributed by atoms with Crippen LogP contribution in [0.15, 0.2) is 66.7 Å². The molecule has 0 aliphatic carbocycles. The van der Waals surface area contributed by atoms with Gasteiger partial charge in [-0.05, 0) is 60.7 Å². The van der Waals surface area contributed by atoms with Crippen LogP contribution in [0.25, 0.3) is 22.4 Å². The molecule has 7 nitrogen and oxygen atoms in total. The van der Waals surface area contributed by atoms with E-state index in [0.29, 0.717) is 33.1 Å². The molecule has 1 aromatic heterocycles. The van der Waals surface area contributed by atoms with E-state index in [4.69, 9.17) is 21.1 Å². The quantitative estimate of drug-likeness (QED) is 0.428. The number of methoxy groups -OCH3 is 1. The van der Waals surface area contributed by atoms with Gasteiger partial charge in [0, 0.05) is 16.3 Å². The summed E-state index contributed by atoms with van der Waals surface area (Å²) in [5.74, 6) is 0.358. The molecule has 0 unspecified atom stereocenters. The second-order valence-corrected chi connectivity index (χ2v) is 7.12. The van der Waals surface area contributed by atoms with Gasteiger partial charge in [0.05, 0.1) is 23.7 Å². The molecule has 4 aromatic rings. The van der Waals surface area contributed by atoms with E-state index in [9.17, 15) is 9.59 Å². The first-order chi connectivity index (χ1) is 15.0. The SMILES string of the molecule is COc1ccc(-c2nc3ccc(C(=O)OCC(=O)Nc4cccc(Cl)c4)cc3[nH]2)cc1. The number of carbonyl (C=O) groups excluding carboxylic acids is 2. The van der Waals surface area contributed by atoms with Crippen molar-refractivity contribution < 1.29 is 19.1 Å². The van der Waals surface area contributed by atoms with Crippen molar-refractivity contribution in [2.45, 2.75) is 0 Å². The molecule has 8 heteroatoms. The molecule has 156 valence electrons. The highest BCUT2D eigenvalue weighted by Crippen LogP contribution is 2.23. The number of esters is 1. The Kier molecular flexibility index (Phi) is 5.86. The molecule has 1 amide bonds. The van der Waals surface area contributed by atoms with Gasteiger partial charge in [-0.15, -0.1) is 0 Å². The van der Waals surface area contributed by atoms with Crippen molar-refractivity contribution in [2.75, 3.05) is 19.0 Å². The number of rotatable bonds is 6. The number of benzene rings is 3. The second-order valence-electron chi connectivity index (χ2n) is 6.68. The van der Waals surface area contributed by atoms with Crippen molar-refractivity contribution in [3.8, 4) is 17.1 Å². The monoisotopic (exact) mass is 435 g/mol. The fourth-order valence-corrected chi connectivity index (χ4v) is 3.19. The molecular formula is C23H18ClN3O4. The second kappa shape index (κ2) is 8.89. The molecule has 0 radical (unpaired) electrons. The number of aromatic nitrogens is 2. The Bertz CT molecular complexity index is 1250. The highest BCUT2D eigenvalue weighted by atomic mass is 35.5. The number of aromatic amines is 1. The maximum absolute atomic E-state index is 12.4. The summed E-state index contributed by atoms with van der Waals surface area (Å²) in [6.07, 6.45) is 0. The Morgan fingerprint density at radius 3 is 2.61 bits per heavy atom. The predicted octanol–water partition coefficient (Wildman–Crippen LogP) is 4.69. The minimum Gasteiger partial charge on any atom is -0.497 e. The molecular weight excluding hydrogens is 418 g/mol. The minimum atomic E-state index is -0.608. The third-order valence-electron chi connectivity index (χ3n) is 4.52. The number of fused-ring (bicyclic) bond motifs is 1. The van der Waals surface area contributed by atoms with Gasteiger partial charge in [-0.2, -0.15) is 0 Å². The van der Waals surface area contributed by atoms with Crippen molar-refractivity contribution in [2.24, 2.45) is 0 Å². The van der Waals surface area contributed by atoms with Gasteiger partial charge in [-0.3, -0.25) is 4.79 Å². The molecule has 1 heterocycles. The normalized spacial score (nSPS) is 10.6. The lowest BCUT2D eigenvalue weighted by Crippen LogP contribution is -2.20. The van der Waals surface area contributed by atoms with Crippen molar-refractivity contribution in [1.29, 1.82) is 0 Å². The van der Waals surface area contributed by atoms with E-state index in [1.807, 2.05) is 24.3 Å². The molecule has 0 bridgehead atoms. The maximum Gasteiger partial charge on any atom is 0.338 e. The zero-order valence-electron chi connectivity index (χ0n) is 16.5. The Labute approximate surface area is 183 Å². The Morgan fingerprint density at radius 1 is 1.06 bits per heavy atom. The van der Waals surface area contributed by atoms with Crippen molar-refractivity contribution >= 4 is 40.2 Å². The number of nitrogens with one attached hydrogen (secondary N) is 2. The first-order valence-electron chi connectivity index (χ1n) is 9.38. The number of anilines is 1. The van der Waals surface area contributed by atoms with Crippen LogP contribution in [-0.4, -0.2) is 35.6 Å². The molecule has 0 saturated carbocycles. The number of carbonyl (C=O) groups is 2. The van der Waals surface area contributed by atoms with Crippen LogP contribution in [-0.2, 0) is 9.53 Å². The lowest BCUT2D eigenvalue weighted by Gasteiger charge is -2.07. The highest BCUT2D eigenvalue weighted by Gasteiger charge is 2.13. The van der Waals surface area contributed by atoms with Gasteiger partial charge in [0.15, 0.2) is 6.61 Å². The minimum absolute atomic E-state index is 0.313. The number of nitrogens with zero attached hydrogens (tertiary/aromatic N) is 1. The average molecular weight is 436 g/mol. The summed E-state index contributed by atoms with van der Waals surface area (Å²) in [6, 6.07) is 19.2. The van der Waals surface area contributed by atoms with Crippen LogP contribution in [0.3, 0.4) is 0 Å². The fourth-order valence-electron chi connectivity index (χ4n) is 3.00. The number of hydrogen-bond donors (Lipinski definition) is 2. The number of halogens is 1. The van der Waals surface area contributed by atoms with Crippen LogP contribution in [0.1, 0.15) is 10.4 Å². The van der Waals surface area contributed by atoms with Gasteiger partial charge in [-0.1, -0.05) is 17.7 Å². The summed E-state index contributed by atoms with van der Waals surface area (Å²) >= 11 is 5.89. The summed E-state index contributed by atoms with van der Waals surface area (Å²) in [6.45, 7) is -0.413. The van der Waals surface area contributed by atoms with Gasteiger partial charge in [-0.25, -0.2) is 9.78 Å². The van der Waals surface area contributed by atoms with Crippen molar-refractivity contribution in [1.82, 2.24) is 9.97 Å². The Morgan fingerprint density at radius 2 is 1.87 bits per heavy atom. The van der Waals surface area contributed by atoms with Crippen molar-refractivity contribution in [3.63, 3.8) is 0 Å². The molecule has 0 atom stereocenters. The van der Waals surface area contributed by atoms with Crippen LogP contribution in [0.4, 0.5) is 5.69 Å². The molecule has 0 aliphatic heterocycles. The molecule has 0 aliphatic rings. The van der Waals surface area contributed by atoms with Crippen LogP contribution in [0, 0.1) is 0 Å². The fraction of sp³-hybridized carbons (Fsp3) is 0.0870. The summed E-state index contributed by atoms with van der Waals surface area (Å²) in [5, 5.41) is 3.12. The lowest BCUT2D eigenvalue weighted by molar-refractivity contribution is -0.119. The average Bonchev–Trinajstić information content (AvgIpc) is 3.21. The third kappa shape index (κ3) is 4.84. The predicted molar refractivity (Wildman–Crippen MR) is 118 cm³/mol. The summed E-state index contributed by atoms with van der Waals surface area (Å²) in [4.78, 5) is 32.1. The number of hydrogen-bond acceptors (Lipinski definition) is 5. The van der Waals surface area contributed by atoms with Crippen LogP contribution >= 0.6 is 11.6 Å². The Hall–Kier alpha value is -3.84. The van der Waals surface area contributed by atoms with E-state index < -0.39 is 18.5 Å². The van der Waals surface area contributed by atoms with E-state index in [1.54, 1.807) is 49.6 Å². The largest absolute Gasteiger partial charge is 0.497 e. The van der Waals surface area contributed by atoms with Gasteiger partial charge < -0.3 is 19.8 Å². The lowest BCUT2D eigenvalue weighted by atomic mass is 10.2. The van der Waals surface area contributed by atoms with E-state index in [2.05, 4.69) is 15.3 Å². The molecule has 2 N–H and O–H groups in total. The highest BCUT2D eigenvalue weighted by molar-refractivity contribution is 6.30. The van der Waals surface area contributed by atoms with Crippen LogP contribution in [0.5, 0.6) is 5.75 Å². The van der Waals surface area contributed by atoms with E-state index in [0.717, 1.165) is 11.3 Å². The molecule has 31 heavy (non-hydrogen) atoms. The zero-order valence-corrected chi connectivity index (χ0v) is 17.3. The van der Waals surface area contributed by atoms with Crippen LogP contribution in [0.2, 0.25) is 5.02 Å². The first-order valence-corrected chi connectivity index (χ1v) is 9.76. The maximum atomic E-state index is 12.4. The van der Waals surface area contributed by atoms with E-state index >= 15 is 0 Å². The zero-order chi connectivity index (χ0) is 21.8.